The molecule has 0 aromatic rings. The summed E-state index contributed by atoms with van der Waals surface area (Å²) in [6.45, 7) is 6.90. The molecule has 0 bridgehead atoms. The van der Waals surface area contributed by atoms with E-state index in [1.807, 2.05) is 0 Å². The molecule has 0 saturated heterocycles. The predicted molar refractivity (Wildman–Crippen MR) is 83.4 cm³/mol. The maximum absolute atomic E-state index is 7.94. The van der Waals surface area contributed by atoms with Crippen LogP contribution in [0, 0.1) is 0 Å². The van der Waals surface area contributed by atoms with Crippen LogP contribution in [0.25, 0.3) is 0 Å². The topological polar surface area (TPSA) is 177 Å². The van der Waals surface area contributed by atoms with Crippen molar-refractivity contribution in [3.8, 4) is 0 Å². The van der Waals surface area contributed by atoms with Crippen molar-refractivity contribution in [1.29, 1.82) is 0 Å². The van der Waals surface area contributed by atoms with Crippen LogP contribution in [0.5, 0.6) is 0 Å². The third-order valence-corrected chi connectivity index (χ3v) is 1.34. The van der Waals surface area contributed by atoms with Gasteiger partial charge in [0, 0.05) is 40.8 Å². The molecule has 22 heavy (non-hydrogen) atoms. The summed E-state index contributed by atoms with van der Waals surface area (Å²) in [4.78, 5) is 31.8. The second-order valence-electron chi connectivity index (χ2n) is 3.20. The van der Waals surface area contributed by atoms with Crippen molar-refractivity contribution in [1.82, 2.24) is 0 Å². The Morgan fingerprint density at radius 3 is 0.545 bits per heavy atom. The zero-order chi connectivity index (χ0) is 17.1. The van der Waals surface area contributed by atoms with Crippen molar-refractivity contribution >= 4 is 23.9 Å². The van der Waals surface area contributed by atoms with Gasteiger partial charge in [-0.2, -0.15) is 0 Å². The van der Waals surface area contributed by atoms with Crippen LogP contribution in [0.2, 0.25) is 0 Å². The normalized spacial score (nSPS) is 6.73. The van der Waals surface area contributed by atoms with E-state index in [0.29, 0.717) is 25.7 Å². The standard InChI is InChI=1S/4C3H6O2.2Re/c4*1-2-3(4)5;;/h4*2H2,1H3,(H,4,5);;/p+8. The molecule has 0 atom stereocenters. The Morgan fingerprint density at radius 2 is 0.545 bits per heavy atom. The second-order valence-corrected chi connectivity index (χ2v) is 3.20. The Hall–Kier alpha value is -0.795. The van der Waals surface area contributed by atoms with Gasteiger partial charge in [-0.1, -0.05) is 0 Å². The molecule has 134 valence electrons. The van der Waals surface area contributed by atoms with Gasteiger partial charge in [0.1, 0.15) is 0 Å². The summed E-state index contributed by atoms with van der Waals surface area (Å²) in [6, 6.07) is 0. The van der Waals surface area contributed by atoms with Gasteiger partial charge in [0.2, 0.25) is 0 Å². The fourth-order valence-corrected chi connectivity index (χ4v) is 0. The molecular weight excluding hydrogens is 645 g/mol. The zero-order valence-electron chi connectivity index (χ0n) is 13.4. The summed E-state index contributed by atoms with van der Waals surface area (Å²) in [5.74, 6) is -0.981. The van der Waals surface area contributed by atoms with Gasteiger partial charge >= 0.3 is 23.9 Å². The molecule has 0 unspecified atom stereocenters. The van der Waals surface area contributed by atoms with Crippen molar-refractivity contribution in [2.75, 3.05) is 0 Å². The summed E-state index contributed by atoms with van der Waals surface area (Å²) >= 11 is 0. The minimum atomic E-state index is -0.245. The monoisotopic (exact) mass is 678 g/mol. The first kappa shape index (κ1) is 37.4. The molecule has 8 nitrogen and oxygen atoms in total. The van der Waals surface area contributed by atoms with Crippen LogP contribution in [0.3, 0.4) is 0 Å². The summed E-state index contributed by atoms with van der Waals surface area (Å²) in [5.41, 5.74) is 0. The number of rotatable bonds is 4. The maximum atomic E-state index is 7.94. The summed E-state index contributed by atoms with van der Waals surface area (Å²) in [5, 5.41) is 25.2. The molecule has 0 aliphatic rings. The van der Waals surface area contributed by atoms with E-state index in [4.69, 9.17) is 39.6 Å². The summed E-state index contributed by atoms with van der Waals surface area (Å²) in [6.07, 6.45) is 1.78. The average molecular weight is 677 g/mol. The molecule has 0 amide bonds. The quantitative estimate of drug-likeness (QED) is 0.315. The fraction of sp³-hybridized carbons (Fsp3) is 0.667. The number of carbonyl (C=O) groups excluding carboxylic acids is 4. The van der Waals surface area contributed by atoms with Crippen molar-refractivity contribution < 1.29 is 80.4 Å². The van der Waals surface area contributed by atoms with Gasteiger partial charge in [-0.05, 0) is 27.7 Å². The van der Waals surface area contributed by atoms with Crippen LogP contribution < -0.4 is 0 Å². The molecule has 0 heterocycles. The van der Waals surface area contributed by atoms with Crippen LogP contribution in [-0.4, -0.2) is 63.5 Å². The first-order valence-electron chi connectivity index (χ1n) is 6.14. The first-order chi connectivity index (χ1) is 9.08. The van der Waals surface area contributed by atoms with E-state index in [2.05, 4.69) is 0 Å². The van der Waals surface area contributed by atoms with Gasteiger partial charge in [-0.3, -0.25) is 0 Å². The minimum Gasteiger partial charge on any atom is -0.524 e. The first-order valence-corrected chi connectivity index (χ1v) is 6.14. The van der Waals surface area contributed by atoms with E-state index < -0.39 is 0 Å². The summed E-state index contributed by atoms with van der Waals surface area (Å²) in [7, 11) is 0. The molecule has 0 aromatic carbocycles. The van der Waals surface area contributed by atoms with E-state index >= 15 is 0 Å². The molecule has 0 aliphatic carbocycles. The molecule has 2 radical (unpaired) electrons. The Labute approximate surface area is 157 Å². The largest absolute Gasteiger partial charge is 0.621 e. The molecule has 0 spiro atoms. The predicted octanol–water partition coefficient (Wildman–Crippen LogP) is -1.51. The Balaban J connectivity index is -0.0000000376. The zero-order valence-corrected chi connectivity index (χ0v) is 18.8. The van der Waals surface area contributed by atoms with Gasteiger partial charge in [0.15, 0.2) is 25.7 Å². The minimum absolute atomic E-state index is 0. The molecule has 0 saturated carbocycles. The van der Waals surface area contributed by atoms with Crippen molar-refractivity contribution in [3.05, 3.63) is 0 Å². The Kier molecular flexibility index (Phi) is 54.9. The van der Waals surface area contributed by atoms with E-state index in [1.165, 1.54) is 0 Å². The molecule has 10 heteroatoms. The van der Waals surface area contributed by atoms with E-state index in [0.717, 1.165) is 0 Å². The maximum Gasteiger partial charge on any atom is 0.621 e. The van der Waals surface area contributed by atoms with E-state index in [9.17, 15) is 0 Å². The number of hydrogen-bond acceptors (Lipinski definition) is 0. The summed E-state index contributed by atoms with van der Waals surface area (Å²) < 4.78 is 0. The molecule has 0 rings (SSSR count). The van der Waals surface area contributed by atoms with Gasteiger partial charge < -0.3 is 20.4 Å². The van der Waals surface area contributed by atoms with Gasteiger partial charge in [-0.15, -0.1) is 0 Å². The SMILES string of the molecule is CCC(=[OH+])[OH2+].CCC(=[OH+])[OH2+].CCC(=[OH+])[OH2+].CCC(=[OH+])[OH2+].[Re].[Re]. The Morgan fingerprint density at radius 1 is 0.500 bits per heavy atom. The van der Waals surface area contributed by atoms with E-state index in [-0.39, 0.29) is 64.7 Å². The van der Waals surface area contributed by atoms with Crippen LogP contribution in [0.4, 0.5) is 0 Å². The van der Waals surface area contributed by atoms with Crippen molar-refractivity contribution in [3.63, 3.8) is 0 Å². The van der Waals surface area contributed by atoms with Crippen LogP contribution in [0.1, 0.15) is 53.4 Å². The second kappa shape index (κ2) is 32.2. The van der Waals surface area contributed by atoms with Crippen molar-refractivity contribution in [2.24, 2.45) is 0 Å². The number of hydrogen-bond donors (Lipinski definition) is 0. The van der Waals surface area contributed by atoms with Crippen molar-refractivity contribution in [2.45, 2.75) is 53.4 Å². The smallest absolute Gasteiger partial charge is 0.524 e. The van der Waals surface area contributed by atoms with Gasteiger partial charge in [0.25, 0.3) is 0 Å². The van der Waals surface area contributed by atoms with Gasteiger partial charge in [0.05, 0.1) is 0 Å². The van der Waals surface area contributed by atoms with Gasteiger partial charge in [-0.25, -0.2) is 19.2 Å². The van der Waals surface area contributed by atoms with Crippen LogP contribution >= 0.6 is 0 Å². The van der Waals surface area contributed by atoms with Crippen LogP contribution in [0.15, 0.2) is 0 Å². The van der Waals surface area contributed by atoms with Crippen LogP contribution in [-0.2, 0) is 40.8 Å². The molecule has 12 N–H and O–H groups in total. The fourth-order valence-electron chi connectivity index (χ4n) is 0. The average Bonchev–Trinajstić information content (AvgIpc) is 2.40. The molecule has 0 fully saturated rings. The van der Waals surface area contributed by atoms with E-state index in [1.54, 1.807) is 27.7 Å². The molecule has 0 aliphatic heterocycles. The third kappa shape index (κ3) is 123. The third-order valence-electron chi connectivity index (χ3n) is 1.34. The molecular formula is C12H32O8Re2+8. The molecule has 0 aromatic heterocycles. The Bertz CT molecular complexity index is 226.